The van der Waals surface area contributed by atoms with E-state index in [1.54, 1.807) is 0 Å². The number of hydrogen-bond acceptors (Lipinski definition) is 2. The first kappa shape index (κ1) is 12.8. The molecule has 0 aliphatic heterocycles. The molecular formula is C13H18FNO. The van der Waals surface area contributed by atoms with Crippen molar-refractivity contribution in [3.8, 4) is 0 Å². The summed E-state index contributed by atoms with van der Waals surface area (Å²) in [7, 11) is 0. The molecule has 3 heteroatoms. The van der Waals surface area contributed by atoms with E-state index in [-0.39, 0.29) is 0 Å². The first-order chi connectivity index (χ1) is 7.75. The van der Waals surface area contributed by atoms with Gasteiger partial charge in [0.1, 0.15) is 5.82 Å². The van der Waals surface area contributed by atoms with Gasteiger partial charge in [0, 0.05) is 11.8 Å². The summed E-state index contributed by atoms with van der Waals surface area (Å²) >= 11 is 0. The summed E-state index contributed by atoms with van der Waals surface area (Å²) in [5.41, 5.74) is 0.346. The van der Waals surface area contributed by atoms with Gasteiger partial charge in [-0.3, -0.25) is 4.98 Å². The first-order valence-electron chi connectivity index (χ1n) is 5.64. The fourth-order valence-corrected chi connectivity index (χ4v) is 1.61. The first-order valence-corrected chi connectivity index (χ1v) is 5.64. The molecule has 1 aromatic rings. The number of nitrogens with zero attached hydrogens (tertiary/aromatic N) is 1. The van der Waals surface area contributed by atoms with Gasteiger partial charge in [-0.25, -0.2) is 4.39 Å². The third-order valence-electron chi connectivity index (χ3n) is 2.55. The van der Waals surface area contributed by atoms with E-state index in [9.17, 15) is 9.50 Å². The average Bonchev–Trinajstić information content (AvgIpc) is 2.29. The molecular weight excluding hydrogens is 205 g/mol. The summed E-state index contributed by atoms with van der Waals surface area (Å²) in [6.07, 6.45) is 8.42. The molecule has 0 radical (unpaired) electrons. The molecule has 0 fully saturated rings. The number of aliphatic hydroxyl groups is 1. The van der Waals surface area contributed by atoms with Gasteiger partial charge in [0.2, 0.25) is 0 Å². The number of halogens is 1. The standard InChI is InChI=1S/C13H18FNO/c1-2-3-4-5-6-7-13(16)11-8-9-15-10-12(11)14/h2,8-10,13,16H,1,3-7H2. The van der Waals surface area contributed by atoms with Crippen LogP contribution >= 0.6 is 0 Å². The lowest BCUT2D eigenvalue weighted by Gasteiger charge is -2.10. The Morgan fingerprint density at radius 3 is 2.94 bits per heavy atom. The van der Waals surface area contributed by atoms with Crippen molar-refractivity contribution < 1.29 is 9.50 Å². The van der Waals surface area contributed by atoms with Gasteiger partial charge < -0.3 is 5.11 Å². The Morgan fingerprint density at radius 2 is 2.25 bits per heavy atom. The number of unbranched alkanes of at least 4 members (excludes halogenated alkanes) is 3. The molecule has 2 nitrogen and oxygen atoms in total. The number of aliphatic hydroxyl groups excluding tert-OH is 1. The van der Waals surface area contributed by atoms with E-state index in [1.165, 1.54) is 12.3 Å². The van der Waals surface area contributed by atoms with E-state index in [4.69, 9.17) is 0 Å². The van der Waals surface area contributed by atoms with Crippen LogP contribution in [0.3, 0.4) is 0 Å². The van der Waals surface area contributed by atoms with Crippen molar-refractivity contribution in [2.75, 3.05) is 0 Å². The summed E-state index contributed by atoms with van der Waals surface area (Å²) in [4.78, 5) is 3.65. The highest BCUT2D eigenvalue weighted by atomic mass is 19.1. The van der Waals surface area contributed by atoms with Crippen LogP contribution in [0.4, 0.5) is 4.39 Å². The molecule has 0 aliphatic carbocycles. The second kappa shape index (κ2) is 7.12. The molecule has 1 unspecified atom stereocenters. The van der Waals surface area contributed by atoms with Crippen LogP contribution in [-0.4, -0.2) is 10.1 Å². The normalized spacial score (nSPS) is 12.4. The number of hydrogen-bond donors (Lipinski definition) is 1. The van der Waals surface area contributed by atoms with Crippen LogP contribution in [0.2, 0.25) is 0 Å². The lowest BCUT2D eigenvalue weighted by Crippen LogP contribution is -2.01. The Bertz CT molecular complexity index is 327. The molecule has 0 saturated carbocycles. The Morgan fingerprint density at radius 1 is 1.44 bits per heavy atom. The average molecular weight is 223 g/mol. The molecule has 0 saturated heterocycles. The molecule has 88 valence electrons. The maximum absolute atomic E-state index is 13.2. The number of allylic oxidation sites excluding steroid dienone is 1. The molecule has 16 heavy (non-hydrogen) atoms. The maximum Gasteiger partial charge on any atom is 0.147 e. The molecule has 1 atom stereocenters. The summed E-state index contributed by atoms with van der Waals surface area (Å²) in [5.74, 6) is -0.430. The monoisotopic (exact) mass is 223 g/mol. The molecule has 1 rings (SSSR count). The molecule has 0 bridgehead atoms. The second-order valence-corrected chi connectivity index (χ2v) is 3.84. The predicted octanol–water partition coefficient (Wildman–Crippen LogP) is 3.39. The van der Waals surface area contributed by atoms with E-state index in [1.807, 2.05) is 6.08 Å². The van der Waals surface area contributed by atoms with Crippen molar-refractivity contribution in [2.24, 2.45) is 0 Å². The smallest absolute Gasteiger partial charge is 0.147 e. The SMILES string of the molecule is C=CCCCCCC(O)c1ccncc1F. The minimum atomic E-state index is -0.716. The Kier molecular flexibility index (Phi) is 5.72. The van der Waals surface area contributed by atoms with E-state index in [0.717, 1.165) is 31.9 Å². The van der Waals surface area contributed by atoms with Crippen LogP contribution < -0.4 is 0 Å². The van der Waals surface area contributed by atoms with Crippen LogP contribution in [0.15, 0.2) is 31.1 Å². The van der Waals surface area contributed by atoms with Gasteiger partial charge in [-0.15, -0.1) is 6.58 Å². The van der Waals surface area contributed by atoms with Gasteiger partial charge in [-0.05, 0) is 25.3 Å². The summed E-state index contributed by atoms with van der Waals surface area (Å²) in [6, 6.07) is 1.53. The largest absolute Gasteiger partial charge is 0.388 e. The lowest BCUT2D eigenvalue weighted by molar-refractivity contribution is 0.158. The Hall–Kier alpha value is -1.22. The van der Waals surface area contributed by atoms with Crippen LogP contribution in [0, 0.1) is 5.82 Å². The number of pyridine rings is 1. The van der Waals surface area contributed by atoms with E-state index in [0.29, 0.717) is 12.0 Å². The van der Waals surface area contributed by atoms with Crippen molar-refractivity contribution in [3.63, 3.8) is 0 Å². The molecule has 0 aliphatic rings. The highest BCUT2D eigenvalue weighted by Crippen LogP contribution is 2.21. The summed E-state index contributed by atoms with van der Waals surface area (Å²) < 4.78 is 13.2. The van der Waals surface area contributed by atoms with Crippen LogP contribution in [-0.2, 0) is 0 Å². The van der Waals surface area contributed by atoms with Gasteiger partial charge in [0.25, 0.3) is 0 Å². The quantitative estimate of drug-likeness (QED) is 0.567. The summed E-state index contributed by atoms with van der Waals surface area (Å²) in [5, 5.41) is 9.77. The van der Waals surface area contributed by atoms with Gasteiger partial charge >= 0.3 is 0 Å². The fourth-order valence-electron chi connectivity index (χ4n) is 1.61. The topological polar surface area (TPSA) is 33.1 Å². The van der Waals surface area contributed by atoms with Gasteiger partial charge in [0.05, 0.1) is 12.3 Å². The zero-order chi connectivity index (χ0) is 11.8. The van der Waals surface area contributed by atoms with Crippen molar-refractivity contribution in [1.82, 2.24) is 4.98 Å². The third-order valence-corrected chi connectivity index (χ3v) is 2.55. The maximum atomic E-state index is 13.2. The number of rotatable bonds is 7. The van der Waals surface area contributed by atoms with Crippen molar-refractivity contribution in [1.29, 1.82) is 0 Å². The summed E-state index contributed by atoms with van der Waals surface area (Å²) in [6.45, 7) is 3.65. The van der Waals surface area contributed by atoms with Crippen LogP contribution in [0.1, 0.15) is 43.8 Å². The minimum absolute atomic E-state index is 0.346. The van der Waals surface area contributed by atoms with Gasteiger partial charge in [0.15, 0.2) is 0 Å². The van der Waals surface area contributed by atoms with Crippen molar-refractivity contribution in [3.05, 3.63) is 42.5 Å². The van der Waals surface area contributed by atoms with E-state index < -0.39 is 11.9 Å². The Balaban J connectivity index is 2.32. The van der Waals surface area contributed by atoms with Gasteiger partial charge in [-0.1, -0.05) is 18.9 Å². The molecule has 1 N–H and O–H groups in total. The van der Waals surface area contributed by atoms with E-state index >= 15 is 0 Å². The highest BCUT2D eigenvalue weighted by molar-refractivity contribution is 5.15. The fraction of sp³-hybridized carbons (Fsp3) is 0.462. The van der Waals surface area contributed by atoms with Crippen LogP contribution in [0.5, 0.6) is 0 Å². The van der Waals surface area contributed by atoms with Crippen molar-refractivity contribution in [2.45, 2.75) is 38.2 Å². The predicted molar refractivity (Wildman–Crippen MR) is 62.4 cm³/mol. The third kappa shape index (κ3) is 4.11. The highest BCUT2D eigenvalue weighted by Gasteiger charge is 2.11. The molecule has 0 spiro atoms. The van der Waals surface area contributed by atoms with Crippen molar-refractivity contribution >= 4 is 0 Å². The zero-order valence-electron chi connectivity index (χ0n) is 9.40. The number of aromatic nitrogens is 1. The zero-order valence-corrected chi connectivity index (χ0v) is 9.40. The minimum Gasteiger partial charge on any atom is -0.388 e. The second-order valence-electron chi connectivity index (χ2n) is 3.84. The molecule has 1 heterocycles. The molecule has 0 amide bonds. The van der Waals surface area contributed by atoms with Crippen LogP contribution in [0.25, 0.3) is 0 Å². The van der Waals surface area contributed by atoms with Gasteiger partial charge in [-0.2, -0.15) is 0 Å². The van der Waals surface area contributed by atoms with E-state index in [2.05, 4.69) is 11.6 Å². The molecule has 0 aromatic carbocycles. The molecule has 1 aromatic heterocycles. The lowest BCUT2D eigenvalue weighted by atomic mass is 10.0. The Labute approximate surface area is 95.8 Å².